The first-order valence-electron chi connectivity index (χ1n) is 9.05. The van der Waals surface area contributed by atoms with Crippen LogP contribution in [0.5, 0.6) is 5.75 Å². The van der Waals surface area contributed by atoms with E-state index in [1.165, 1.54) is 10.9 Å². The van der Waals surface area contributed by atoms with Gasteiger partial charge in [0, 0.05) is 37.9 Å². The minimum Gasteiger partial charge on any atom is -0.497 e. The van der Waals surface area contributed by atoms with Gasteiger partial charge in [-0.2, -0.15) is 0 Å². The zero-order chi connectivity index (χ0) is 19.7. The molecule has 28 heavy (non-hydrogen) atoms. The van der Waals surface area contributed by atoms with E-state index in [0.29, 0.717) is 24.2 Å². The van der Waals surface area contributed by atoms with Crippen LogP contribution in [0.1, 0.15) is 5.69 Å². The molecule has 0 unspecified atom stereocenters. The van der Waals surface area contributed by atoms with Gasteiger partial charge in [-0.15, -0.1) is 0 Å². The normalized spacial score (nSPS) is 14.5. The molecule has 1 saturated heterocycles. The predicted molar refractivity (Wildman–Crippen MR) is 103 cm³/mol. The van der Waals surface area contributed by atoms with E-state index >= 15 is 0 Å². The van der Waals surface area contributed by atoms with Gasteiger partial charge in [-0.1, -0.05) is 11.2 Å². The highest BCUT2D eigenvalue weighted by molar-refractivity contribution is 5.78. The highest BCUT2D eigenvalue weighted by Crippen LogP contribution is 2.22. The maximum atomic E-state index is 12.7. The zero-order valence-corrected chi connectivity index (χ0v) is 15.8. The largest absolute Gasteiger partial charge is 0.497 e. The number of fused-ring (bicyclic) bond motifs is 1. The maximum Gasteiger partial charge on any atom is 0.267 e. The molecule has 3 heterocycles. The van der Waals surface area contributed by atoms with Crippen LogP contribution < -0.4 is 15.2 Å². The van der Waals surface area contributed by atoms with Gasteiger partial charge in [-0.05, 0) is 19.1 Å². The molecule has 0 bridgehead atoms. The van der Waals surface area contributed by atoms with Crippen LogP contribution in [0.3, 0.4) is 0 Å². The standard InChI is InChI=1S/C19H21N5O4/c1-13-17-18(28-21-13)20-12-24(19(17)26)11-16(25)23-8-6-22(7-9-23)14-4-3-5-15(10-14)27-2/h3-5,10,12H,6-9,11H2,1-2H3. The third kappa shape index (κ3) is 3.30. The number of carbonyl (C=O) groups is 1. The molecule has 1 fully saturated rings. The summed E-state index contributed by atoms with van der Waals surface area (Å²) in [5.41, 5.74) is 1.42. The molecule has 0 aliphatic carbocycles. The number of hydrogen-bond acceptors (Lipinski definition) is 7. The van der Waals surface area contributed by atoms with Crippen molar-refractivity contribution in [1.82, 2.24) is 19.6 Å². The van der Waals surface area contributed by atoms with Crippen LogP contribution >= 0.6 is 0 Å². The van der Waals surface area contributed by atoms with E-state index in [1.807, 2.05) is 24.3 Å². The SMILES string of the molecule is COc1cccc(N2CCN(C(=O)Cn3cnc4onc(C)c4c3=O)CC2)c1. The summed E-state index contributed by atoms with van der Waals surface area (Å²) in [4.78, 5) is 33.3. The number of benzene rings is 1. The van der Waals surface area contributed by atoms with Crippen LogP contribution in [-0.2, 0) is 11.3 Å². The number of rotatable bonds is 4. The summed E-state index contributed by atoms with van der Waals surface area (Å²) in [5.74, 6) is 0.699. The number of aryl methyl sites for hydroxylation is 1. The van der Waals surface area contributed by atoms with Gasteiger partial charge in [-0.3, -0.25) is 14.2 Å². The first-order valence-corrected chi connectivity index (χ1v) is 9.05. The highest BCUT2D eigenvalue weighted by atomic mass is 16.5. The fourth-order valence-electron chi connectivity index (χ4n) is 3.39. The van der Waals surface area contributed by atoms with Gasteiger partial charge >= 0.3 is 0 Å². The van der Waals surface area contributed by atoms with Crippen LogP contribution in [0.25, 0.3) is 11.1 Å². The molecule has 0 spiro atoms. The molecular formula is C19H21N5O4. The van der Waals surface area contributed by atoms with Crippen molar-refractivity contribution in [2.75, 3.05) is 38.2 Å². The Morgan fingerprint density at radius 1 is 1.25 bits per heavy atom. The number of ether oxygens (including phenoxy) is 1. The number of hydrogen-bond donors (Lipinski definition) is 0. The Morgan fingerprint density at radius 2 is 2.04 bits per heavy atom. The number of piperazine rings is 1. The average Bonchev–Trinajstić information content (AvgIpc) is 3.11. The van der Waals surface area contributed by atoms with E-state index < -0.39 is 0 Å². The Hall–Kier alpha value is -3.36. The summed E-state index contributed by atoms with van der Waals surface area (Å²) in [7, 11) is 1.64. The lowest BCUT2D eigenvalue weighted by Gasteiger charge is -2.36. The molecule has 1 aromatic carbocycles. The molecule has 0 saturated carbocycles. The van der Waals surface area contributed by atoms with Gasteiger partial charge in [0.25, 0.3) is 11.3 Å². The Kier molecular flexibility index (Phi) is 4.72. The third-order valence-corrected chi connectivity index (χ3v) is 4.99. The molecule has 2 aromatic heterocycles. The molecule has 0 radical (unpaired) electrons. The smallest absolute Gasteiger partial charge is 0.267 e. The van der Waals surface area contributed by atoms with Gasteiger partial charge in [0.1, 0.15) is 24.0 Å². The van der Waals surface area contributed by atoms with Gasteiger partial charge in [0.15, 0.2) is 0 Å². The van der Waals surface area contributed by atoms with Gasteiger partial charge in [0.2, 0.25) is 5.91 Å². The Labute approximate surface area is 161 Å². The number of carbonyl (C=O) groups excluding carboxylic acids is 1. The number of anilines is 1. The molecule has 4 rings (SSSR count). The van der Waals surface area contributed by atoms with Crippen LogP contribution in [-0.4, -0.2) is 58.8 Å². The Balaban J connectivity index is 1.42. The lowest BCUT2D eigenvalue weighted by molar-refractivity contribution is -0.132. The van der Waals surface area contributed by atoms with Gasteiger partial charge in [0.05, 0.1) is 12.8 Å². The van der Waals surface area contributed by atoms with Crippen molar-refractivity contribution in [1.29, 1.82) is 0 Å². The fraction of sp³-hybridized carbons (Fsp3) is 0.368. The van der Waals surface area contributed by atoms with Crippen LogP contribution in [0.2, 0.25) is 0 Å². The minimum absolute atomic E-state index is 0.0500. The first-order chi connectivity index (χ1) is 13.6. The molecular weight excluding hydrogens is 362 g/mol. The quantitative estimate of drug-likeness (QED) is 0.665. The van der Waals surface area contributed by atoms with Crippen molar-refractivity contribution in [2.45, 2.75) is 13.5 Å². The van der Waals surface area contributed by atoms with E-state index in [-0.39, 0.29) is 23.7 Å². The molecule has 1 aliphatic rings. The summed E-state index contributed by atoms with van der Waals surface area (Å²) >= 11 is 0. The van der Waals surface area contributed by atoms with E-state index in [1.54, 1.807) is 18.9 Å². The van der Waals surface area contributed by atoms with Crippen molar-refractivity contribution in [2.24, 2.45) is 0 Å². The van der Waals surface area contributed by atoms with E-state index in [9.17, 15) is 9.59 Å². The highest BCUT2D eigenvalue weighted by Gasteiger charge is 2.23. The molecule has 1 aliphatic heterocycles. The summed E-state index contributed by atoms with van der Waals surface area (Å²) in [6, 6.07) is 7.87. The van der Waals surface area contributed by atoms with Crippen molar-refractivity contribution < 1.29 is 14.1 Å². The summed E-state index contributed by atoms with van der Waals surface area (Å²) in [6.45, 7) is 4.25. The van der Waals surface area contributed by atoms with Crippen molar-refractivity contribution >= 4 is 22.7 Å². The predicted octanol–water partition coefficient (Wildman–Crippen LogP) is 1.05. The summed E-state index contributed by atoms with van der Waals surface area (Å²) in [5, 5.41) is 4.07. The van der Waals surface area contributed by atoms with Crippen LogP contribution in [0.4, 0.5) is 5.69 Å². The van der Waals surface area contributed by atoms with Gasteiger partial charge in [-0.25, -0.2) is 4.98 Å². The van der Waals surface area contributed by atoms with Gasteiger partial charge < -0.3 is 19.1 Å². The molecule has 3 aromatic rings. The van der Waals surface area contributed by atoms with Crippen LogP contribution in [0.15, 0.2) is 39.9 Å². The second-order valence-corrected chi connectivity index (χ2v) is 6.70. The van der Waals surface area contributed by atoms with E-state index in [2.05, 4.69) is 15.0 Å². The fourth-order valence-corrected chi connectivity index (χ4v) is 3.39. The van der Waals surface area contributed by atoms with E-state index in [0.717, 1.165) is 24.5 Å². The number of aromatic nitrogens is 3. The van der Waals surface area contributed by atoms with Crippen LogP contribution in [0, 0.1) is 6.92 Å². The molecule has 9 heteroatoms. The number of nitrogens with zero attached hydrogens (tertiary/aromatic N) is 5. The van der Waals surface area contributed by atoms with Crippen molar-refractivity contribution in [3.05, 3.63) is 46.6 Å². The van der Waals surface area contributed by atoms with Crippen molar-refractivity contribution in [3.63, 3.8) is 0 Å². The zero-order valence-electron chi connectivity index (χ0n) is 15.8. The van der Waals surface area contributed by atoms with Crippen molar-refractivity contribution in [3.8, 4) is 5.75 Å². The molecule has 1 amide bonds. The minimum atomic E-state index is -0.313. The Bertz CT molecular complexity index is 1070. The average molecular weight is 383 g/mol. The second kappa shape index (κ2) is 7.34. The third-order valence-electron chi connectivity index (χ3n) is 4.99. The lowest BCUT2D eigenvalue weighted by atomic mass is 10.2. The monoisotopic (exact) mass is 383 g/mol. The first kappa shape index (κ1) is 18.0. The summed E-state index contributed by atoms with van der Waals surface area (Å²) in [6.07, 6.45) is 1.33. The summed E-state index contributed by atoms with van der Waals surface area (Å²) < 4.78 is 11.6. The number of amides is 1. The second-order valence-electron chi connectivity index (χ2n) is 6.70. The van der Waals surface area contributed by atoms with E-state index in [4.69, 9.17) is 9.26 Å². The molecule has 0 N–H and O–H groups in total. The Morgan fingerprint density at radius 3 is 2.79 bits per heavy atom. The maximum absolute atomic E-state index is 12.7. The molecule has 9 nitrogen and oxygen atoms in total. The topological polar surface area (TPSA) is 93.7 Å². The molecule has 146 valence electrons. The number of methoxy groups -OCH3 is 1. The molecule has 0 atom stereocenters. The lowest BCUT2D eigenvalue weighted by Crippen LogP contribution is -2.50.